The molecule has 0 saturated heterocycles. The smallest absolute Gasteiger partial charge is 0.200 e. The molecule has 0 bridgehead atoms. The van der Waals surface area contributed by atoms with Crippen LogP contribution in [0.3, 0.4) is 0 Å². The van der Waals surface area contributed by atoms with Gasteiger partial charge in [-0.1, -0.05) is 29.8 Å². The predicted molar refractivity (Wildman–Crippen MR) is 81.7 cm³/mol. The molecule has 0 heterocycles. The van der Waals surface area contributed by atoms with Crippen molar-refractivity contribution in [3.63, 3.8) is 0 Å². The Morgan fingerprint density at radius 1 is 0.393 bits per heavy atom. The Morgan fingerprint density at radius 3 is 1.07 bits per heavy atom. The van der Waals surface area contributed by atoms with Crippen LogP contribution in [-0.2, 0) is 0 Å². The fourth-order valence-corrected chi connectivity index (χ4v) is 2.65. The van der Waals surface area contributed by atoms with E-state index in [1.54, 1.807) is 6.92 Å². The molecule has 0 atom stereocenters. The Bertz CT molecular complexity index is 1040. The van der Waals surface area contributed by atoms with E-state index in [9.17, 15) is 39.5 Å². The summed E-state index contributed by atoms with van der Waals surface area (Å²) >= 11 is 0. The van der Waals surface area contributed by atoms with Gasteiger partial charge in [-0.15, -0.1) is 0 Å². The molecule has 9 heteroatoms. The van der Waals surface area contributed by atoms with Crippen molar-refractivity contribution < 1.29 is 39.5 Å². The standard InChI is InChI=1S/C19H7F9/c1-6-2-4-7(5-3-6)8-11(20)13(22)9(14(23)12(8)21)10-15(24)17(26)19(28)18(27)16(10)25/h2-5H,1H3. The van der Waals surface area contributed by atoms with E-state index >= 15 is 0 Å². The van der Waals surface area contributed by atoms with Crippen molar-refractivity contribution in [2.75, 3.05) is 0 Å². The quantitative estimate of drug-likeness (QED) is 0.256. The van der Waals surface area contributed by atoms with Gasteiger partial charge in [0.15, 0.2) is 46.5 Å². The highest BCUT2D eigenvalue weighted by Crippen LogP contribution is 2.40. The SMILES string of the molecule is Cc1ccc(-c2c(F)c(F)c(-c3c(F)c(F)c(F)c(F)c3F)c(F)c2F)cc1. The zero-order valence-corrected chi connectivity index (χ0v) is 13.7. The minimum Gasteiger partial charge on any atom is -0.203 e. The molecule has 0 radical (unpaired) electrons. The summed E-state index contributed by atoms with van der Waals surface area (Å²) in [5.41, 5.74) is -4.99. The number of halogens is 9. The Morgan fingerprint density at radius 2 is 0.679 bits per heavy atom. The van der Waals surface area contributed by atoms with Gasteiger partial charge in [0.25, 0.3) is 0 Å². The molecule has 3 rings (SSSR count). The van der Waals surface area contributed by atoms with Gasteiger partial charge in [-0.05, 0) is 12.5 Å². The van der Waals surface area contributed by atoms with Crippen LogP contribution in [0.5, 0.6) is 0 Å². The molecule has 0 saturated carbocycles. The molecule has 0 aromatic heterocycles. The van der Waals surface area contributed by atoms with Gasteiger partial charge >= 0.3 is 0 Å². The molecule has 0 N–H and O–H groups in total. The molecule has 146 valence electrons. The fraction of sp³-hybridized carbons (Fsp3) is 0.0526. The van der Waals surface area contributed by atoms with Gasteiger partial charge in [0.1, 0.15) is 0 Å². The maximum absolute atomic E-state index is 14.4. The van der Waals surface area contributed by atoms with Crippen LogP contribution in [0, 0.1) is 59.3 Å². The van der Waals surface area contributed by atoms with E-state index < -0.39 is 69.0 Å². The highest BCUT2D eigenvalue weighted by Gasteiger charge is 2.34. The van der Waals surface area contributed by atoms with Crippen LogP contribution in [0.2, 0.25) is 0 Å². The number of hydrogen-bond donors (Lipinski definition) is 0. The monoisotopic (exact) mass is 406 g/mol. The maximum Gasteiger partial charge on any atom is 0.200 e. The number of rotatable bonds is 2. The van der Waals surface area contributed by atoms with E-state index in [4.69, 9.17) is 0 Å². The fourth-order valence-electron chi connectivity index (χ4n) is 2.65. The molecule has 3 aromatic carbocycles. The summed E-state index contributed by atoms with van der Waals surface area (Å²) < 4.78 is 125. The molecule has 0 aliphatic carbocycles. The summed E-state index contributed by atoms with van der Waals surface area (Å²) in [5, 5.41) is 0. The highest BCUT2D eigenvalue weighted by molar-refractivity contribution is 5.74. The van der Waals surface area contributed by atoms with Crippen LogP contribution in [-0.4, -0.2) is 0 Å². The molecule has 3 aromatic rings. The first-order valence-electron chi connectivity index (χ1n) is 7.52. The normalized spacial score (nSPS) is 11.2. The van der Waals surface area contributed by atoms with Crippen molar-refractivity contribution in [3.8, 4) is 22.3 Å². The molecule has 0 unspecified atom stereocenters. The minimum absolute atomic E-state index is 0.303. The van der Waals surface area contributed by atoms with Crippen LogP contribution in [0.1, 0.15) is 5.56 Å². The van der Waals surface area contributed by atoms with Crippen LogP contribution < -0.4 is 0 Å². The summed E-state index contributed by atoms with van der Waals surface area (Å²) in [6, 6.07) is 5.02. The van der Waals surface area contributed by atoms with Crippen molar-refractivity contribution in [3.05, 3.63) is 82.2 Å². The summed E-state index contributed by atoms with van der Waals surface area (Å²) in [5.74, 6) is -21.6. The maximum atomic E-state index is 14.4. The molecular weight excluding hydrogens is 399 g/mol. The second-order valence-corrected chi connectivity index (χ2v) is 5.82. The van der Waals surface area contributed by atoms with Gasteiger partial charge in [-0.25, -0.2) is 39.5 Å². The summed E-state index contributed by atoms with van der Waals surface area (Å²) in [7, 11) is 0. The van der Waals surface area contributed by atoms with E-state index in [0.717, 1.165) is 12.1 Å². The van der Waals surface area contributed by atoms with Gasteiger partial charge < -0.3 is 0 Å². The van der Waals surface area contributed by atoms with Crippen LogP contribution >= 0.6 is 0 Å². The number of benzene rings is 3. The summed E-state index contributed by atoms with van der Waals surface area (Å²) in [6.07, 6.45) is 0. The molecule has 0 amide bonds. The van der Waals surface area contributed by atoms with Crippen molar-refractivity contribution in [2.24, 2.45) is 0 Å². The summed E-state index contributed by atoms with van der Waals surface area (Å²) in [4.78, 5) is 0. The van der Waals surface area contributed by atoms with E-state index in [0.29, 0.717) is 5.56 Å². The largest absolute Gasteiger partial charge is 0.203 e. The molecule has 28 heavy (non-hydrogen) atoms. The first-order valence-corrected chi connectivity index (χ1v) is 7.52. The van der Waals surface area contributed by atoms with Crippen LogP contribution in [0.25, 0.3) is 22.3 Å². The second kappa shape index (κ2) is 6.88. The second-order valence-electron chi connectivity index (χ2n) is 5.82. The van der Waals surface area contributed by atoms with E-state index in [-0.39, 0.29) is 5.56 Å². The first kappa shape index (κ1) is 19.8. The lowest BCUT2D eigenvalue weighted by molar-refractivity contribution is 0.379. The Labute approximate surface area is 151 Å². The third kappa shape index (κ3) is 2.81. The Hall–Kier alpha value is -2.97. The predicted octanol–water partition coefficient (Wildman–Crippen LogP) is 6.58. The molecule has 0 aliphatic heterocycles. The van der Waals surface area contributed by atoms with Gasteiger partial charge in [0, 0.05) is 0 Å². The van der Waals surface area contributed by atoms with E-state index in [2.05, 4.69) is 0 Å². The lowest BCUT2D eigenvalue weighted by Crippen LogP contribution is -2.09. The van der Waals surface area contributed by atoms with E-state index in [1.165, 1.54) is 12.1 Å². The third-order valence-corrected chi connectivity index (χ3v) is 4.06. The zero-order chi connectivity index (χ0) is 20.9. The van der Waals surface area contributed by atoms with Gasteiger partial charge in [-0.2, -0.15) is 0 Å². The Kier molecular flexibility index (Phi) is 4.86. The topological polar surface area (TPSA) is 0 Å². The Balaban J connectivity index is 2.40. The van der Waals surface area contributed by atoms with Gasteiger partial charge in [0.05, 0.1) is 16.7 Å². The minimum atomic E-state index is -2.60. The van der Waals surface area contributed by atoms with Crippen LogP contribution in [0.15, 0.2) is 24.3 Å². The molecule has 0 fully saturated rings. The van der Waals surface area contributed by atoms with Crippen molar-refractivity contribution in [1.29, 1.82) is 0 Å². The summed E-state index contributed by atoms with van der Waals surface area (Å²) in [6.45, 7) is 1.63. The van der Waals surface area contributed by atoms with Gasteiger partial charge in [0.2, 0.25) is 5.82 Å². The van der Waals surface area contributed by atoms with Crippen molar-refractivity contribution in [2.45, 2.75) is 6.92 Å². The number of aryl methyl sites for hydroxylation is 1. The molecular formula is C19H7F9. The highest BCUT2D eigenvalue weighted by atomic mass is 19.2. The third-order valence-electron chi connectivity index (χ3n) is 4.06. The van der Waals surface area contributed by atoms with Gasteiger partial charge in [-0.3, -0.25) is 0 Å². The van der Waals surface area contributed by atoms with Crippen molar-refractivity contribution in [1.82, 2.24) is 0 Å². The molecule has 0 nitrogen and oxygen atoms in total. The lowest BCUT2D eigenvalue weighted by Gasteiger charge is -2.14. The molecule has 0 spiro atoms. The average Bonchev–Trinajstić information content (AvgIpc) is 2.67. The zero-order valence-electron chi connectivity index (χ0n) is 13.7. The first-order chi connectivity index (χ1) is 13.1. The number of hydrogen-bond acceptors (Lipinski definition) is 0. The average molecular weight is 406 g/mol. The van der Waals surface area contributed by atoms with Crippen LogP contribution in [0.4, 0.5) is 39.5 Å². The van der Waals surface area contributed by atoms with Crippen molar-refractivity contribution >= 4 is 0 Å². The van der Waals surface area contributed by atoms with E-state index in [1.807, 2.05) is 0 Å². The lowest BCUT2D eigenvalue weighted by atomic mass is 9.96. The molecule has 0 aliphatic rings.